The second-order valence-corrected chi connectivity index (χ2v) is 3.92. The zero-order valence-electron chi connectivity index (χ0n) is 8.59. The first-order valence-electron chi connectivity index (χ1n) is 5.26. The topological polar surface area (TPSA) is 56.0 Å². The van der Waals surface area contributed by atoms with Crippen molar-refractivity contribution in [3.05, 3.63) is 35.7 Å². The minimum Gasteiger partial charge on any atom is -0.420 e. The maximum atomic E-state index is 10.9. The number of hydrogen-bond donors (Lipinski definition) is 0. The van der Waals surface area contributed by atoms with Crippen molar-refractivity contribution in [2.24, 2.45) is 0 Å². The van der Waals surface area contributed by atoms with E-state index < -0.39 is 0 Å². The third kappa shape index (κ3) is 1.52. The maximum Gasteiger partial charge on any atom is 0.248 e. The molecule has 0 saturated heterocycles. The average molecular weight is 214 g/mol. The van der Waals surface area contributed by atoms with Gasteiger partial charge in [0.05, 0.1) is 0 Å². The molecule has 1 aromatic carbocycles. The quantitative estimate of drug-likeness (QED) is 0.736. The van der Waals surface area contributed by atoms with Crippen LogP contribution in [0.5, 0.6) is 0 Å². The van der Waals surface area contributed by atoms with E-state index in [-0.39, 0.29) is 0 Å². The fraction of sp³-hybridized carbons (Fsp3) is 0.250. The minimum absolute atomic E-state index is 0.435. The Morgan fingerprint density at radius 2 is 2.06 bits per heavy atom. The molecule has 0 spiro atoms. The van der Waals surface area contributed by atoms with E-state index in [2.05, 4.69) is 10.2 Å². The molecule has 0 aliphatic heterocycles. The molecule has 4 nitrogen and oxygen atoms in total. The zero-order valence-corrected chi connectivity index (χ0v) is 8.59. The Hall–Kier alpha value is -1.97. The van der Waals surface area contributed by atoms with E-state index in [9.17, 15) is 4.79 Å². The molecule has 0 amide bonds. The summed E-state index contributed by atoms with van der Waals surface area (Å²) >= 11 is 0. The van der Waals surface area contributed by atoms with Crippen LogP contribution in [0.2, 0.25) is 0 Å². The summed E-state index contributed by atoms with van der Waals surface area (Å²) in [6, 6.07) is 7.21. The first kappa shape index (κ1) is 9.27. The van der Waals surface area contributed by atoms with Crippen molar-refractivity contribution in [3.8, 4) is 11.5 Å². The highest BCUT2D eigenvalue weighted by atomic mass is 16.4. The Balaban J connectivity index is 2.03. The third-order valence-corrected chi connectivity index (χ3v) is 2.69. The molecule has 1 aliphatic carbocycles. The summed E-state index contributed by atoms with van der Waals surface area (Å²) < 4.78 is 5.56. The van der Waals surface area contributed by atoms with Crippen molar-refractivity contribution < 1.29 is 9.21 Å². The van der Waals surface area contributed by atoms with Crippen LogP contribution in [0.25, 0.3) is 11.5 Å². The summed E-state index contributed by atoms with van der Waals surface area (Å²) in [6.45, 7) is 0. The molecule has 0 radical (unpaired) electrons. The highest BCUT2D eigenvalue weighted by Crippen LogP contribution is 2.40. The lowest BCUT2D eigenvalue weighted by Crippen LogP contribution is -1.86. The molecule has 80 valence electrons. The van der Waals surface area contributed by atoms with Crippen molar-refractivity contribution in [1.82, 2.24) is 10.2 Å². The van der Waals surface area contributed by atoms with Crippen LogP contribution < -0.4 is 0 Å². The fourth-order valence-electron chi connectivity index (χ4n) is 1.63. The lowest BCUT2D eigenvalue weighted by molar-refractivity contribution is 0.112. The van der Waals surface area contributed by atoms with Gasteiger partial charge in [0.1, 0.15) is 0 Å². The molecule has 1 heterocycles. The first-order valence-corrected chi connectivity index (χ1v) is 5.26. The van der Waals surface area contributed by atoms with Gasteiger partial charge in [0.2, 0.25) is 11.8 Å². The van der Waals surface area contributed by atoms with Crippen molar-refractivity contribution in [1.29, 1.82) is 0 Å². The van der Waals surface area contributed by atoms with Gasteiger partial charge in [-0.2, -0.15) is 0 Å². The molecule has 3 rings (SSSR count). The van der Waals surface area contributed by atoms with E-state index in [4.69, 9.17) is 4.42 Å². The van der Waals surface area contributed by atoms with Crippen LogP contribution in [0.3, 0.4) is 0 Å². The van der Waals surface area contributed by atoms with Gasteiger partial charge in [0.25, 0.3) is 0 Å². The number of benzene rings is 1. The summed E-state index contributed by atoms with van der Waals surface area (Å²) in [5, 5.41) is 7.98. The van der Waals surface area contributed by atoms with E-state index in [1.165, 1.54) is 0 Å². The first-order chi connectivity index (χ1) is 7.88. The Morgan fingerprint density at radius 1 is 1.25 bits per heavy atom. The average Bonchev–Trinajstić information content (AvgIpc) is 3.07. The lowest BCUT2D eigenvalue weighted by atomic mass is 10.1. The number of hydrogen-bond acceptors (Lipinski definition) is 4. The number of nitrogens with zero attached hydrogens (tertiary/aromatic N) is 2. The van der Waals surface area contributed by atoms with Crippen LogP contribution in [-0.2, 0) is 0 Å². The van der Waals surface area contributed by atoms with Crippen LogP contribution >= 0.6 is 0 Å². The normalized spacial score (nSPS) is 15.0. The van der Waals surface area contributed by atoms with Gasteiger partial charge < -0.3 is 4.42 Å². The van der Waals surface area contributed by atoms with Gasteiger partial charge in [-0.1, -0.05) is 18.2 Å². The molecule has 0 unspecified atom stereocenters. The van der Waals surface area contributed by atoms with Crippen molar-refractivity contribution in [3.63, 3.8) is 0 Å². The zero-order chi connectivity index (χ0) is 11.0. The van der Waals surface area contributed by atoms with E-state index in [0.717, 1.165) is 19.1 Å². The predicted molar refractivity (Wildman–Crippen MR) is 57.1 cm³/mol. The van der Waals surface area contributed by atoms with E-state index in [1.54, 1.807) is 6.07 Å². The van der Waals surface area contributed by atoms with Gasteiger partial charge in [0.15, 0.2) is 6.29 Å². The fourth-order valence-corrected chi connectivity index (χ4v) is 1.63. The van der Waals surface area contributed by atoms with E-state index in [0.29, 0.717) is 28.8 Å². The molecule has 0 bridgehead atoms. The Bertz CT molecular complexity index is 529. The number of carbonyl (C=O) groups is 1. The van der Waals surface area contributed by atoms with E-state index in [1.807, 2.05) is 18.2 Å². The molecule has 1 aromatic heterocycles. The summed E-state index contributed by atoms with van der Waals surface area (Å²) in [6.07, 6.45) is 3.05. The largest absolute Gasteiger partial charge is 0.420 e. The highest BCUT2D eigenvalue weighted by Gasteiger charge is 2.29. The number of aromatic nitrogens is 2. The SMILES string of the molecule is O=Cc1ccccc1-c1nnc(C2CC2)o1. The van der Waals surface area contributed by atoms with Crippen molar-refractivity contribution in [2.75, 3.05) is 0 Å². The lowest BCUT2D eigenvalue weighted by Gasteiger charge is -1.97. The van der Waals surface area contributed by atoms with Crippen molar-refractivity contribution >= 4 is 6.29 Å². The van der Waals surface area contributed by atoms with Crippen LogP contribution in [0, 0.1) is 0 Å². The second kappa shape index (κ2) is 3.56. The highest BCUT2D eigenvalue weighted by molar-refractivity contribution is 5.85. The number of rotatable bonds is 3. The molecule has 1 fully saturated rings. The second-order valence-electron chi connectivity index (χ2n) is 3.92. The summed E-state index contributed by atoms with van der Waals surface area (Å²) in [5.74, 6) is 1.56. The molecule has 2 aromatic rings. The summed E-state index contributed by atoms with van der Waals surface area (Å²) in [5.41, 5.74) is 1.28. The van der Waals surface area contributed by atoms with Gasteiger partial charge in [-0.15, -0.1) is 10.2 Å². The molecule has 1 aliphatic rings. The van der Waals surface area contributed by atoms with Gasteiger partial charge in [-0.05, 0) is 18.9 Å². The smallest absolute Gasteiger partial charge is 0.248 e. The molecule has 0 atom stereocenters. The van der Waals surface area contributed by atoms with Gasteiger partial charge in [0, 0.05) is 17.0 Å². The third-order valence-electron chi connectivity index (χ3n) is 2.69. The van der Waals surface area contributed by atoms with Crippen LogP contribution in [0.1, 0.15) is 35.0 Å². The molecular weight excluding hydrogens is 204 g/mol. The monoisotopic (exact) mass is 214 g/mol. The summed E-state index contributed by atoms with van der Waals surface area (Å²) in [7, 11) is 0. The standard InChI is InChI=1S/C12H10N2O2/c15-7-9-3-1-2-4-10(9)12-14-13-11(16-12)8-5-6-8/h1-4,7-8H,5-6H2. The molecule has 16 heavy (non-hydrogen) atoms. The van der Waals surface area contributed by atoms with E-state index >= 15 is 0 Å². The van der Waals surface area contributed by atoms with Crippen LogP contribution in [-0.4, -0.2) is 16.5 Å². The molecular formula is C12H10N2O2. The molecule has 4 heteroatoms. The maximum absolute atomic E-state index is 10.9. The minimum atomic E-state index is 0.435. The Labute approximate surface area is 92.3 Å². The van der Waals surface area contributed by atoms with Crippen LogP contribution in [0.15, 0.2) is 28.7 Å². The molecule has 0 N–H and O–H groups in total. The number of carbonyl (C=O) groups excluding carboxylic acids is 1. The number of aldehydes is 1. The molecule has 1 saturated carbocycles. The van der Waals surface area contributed by atoms with Gasteiger partial charge in [-0.25, -0.2) is 0 Å². The summed E-state index contributed by atoms with van der Waals surface area (Å²) in [4.78, 5) is 10.9. The van der Waals surface area contributed by atoms with Crippen LogP contribution in [0.4, 0.5) is 0 Å². The Morgan fingerprint density at radius 3 is 2.81 bits per heavy atom. The predicted octanol–water partition coefficient (Wildman–Crippen LogP) is 2.43. The van der Waals surface area contributed by atoms with Gasteiger partial charge in [-0.3, -0.25) is 4.79 Å². The Kier molecular flexibility index (Phi) is 2.06. The van der Waals surface area contributed by atoms with Crippen molar-refractivity contribution in [2.45, 2.75) is 18.8 Å². The van der Waals surface area contributed by atoms with Gasteiger partial charge >= 0.3 is 0 Å².